The third kappa shape index (κ3) is 5.33. The number of halogens is 4. The second-order valence-corrected chi connectivity index (χ2v) is 7.57. The van der Waals surface area contributed by atoms with Gasteiger partial charge in [-0.3, -0.25) is 9.59 Å². The normalized spacial score (nSPS) is 11.2. The third-order valence-electron chi connectivity index (χ3n) is 4.31. The molecule has 0 atom stereocenters. The number of aromatic nitrogens is 1. The summed E-state index contributed by atoms with van der Waals surface area (Å²) in [5.74, 6) is -1.33. The fourth-order valence-corrected chi connectivity index (χ4v) is 3.65. The van der Waals surface area contributed by atoms with Gasteiger partial charge in [0, 0.05) is 18.1 Å². The number of anilines is 1. The van der Waals surface area contributed by atoms with Gasteiger partial charge in [-0.15, -0.1) is 0 Å². The molecule has 4 N–H and O–H groups in total. The molecule has 0 bridgehead atoms. The Hall–Kier alpha value is -3.11. The van der Waals surface area contributed by atoms with E-state index < -0.39 is 23.6 Å². The number of hydrogen-bond donors (Lipinski definition) is 3. The van der Waals surface area contributed by atoms with Gasteiger partial charge >= 0.3 is 6.18 Å². The zero-order chi connectivity index (χ0) is 22.6. The Kier molecular flexibility index (Phi) is 6.81. The van der Waals surface area contributed by atoms with Crippen molar-refractivity contribution in [2.24, 2.45) is 0 Å². The fraction of sp³-hybridized carbons (Fsp3) is 0.150. The summed E-state index contributed by atoms with van der Waals surface area (Å²) < 4.78 is 43.2. The van der Waals surface area contributed by atoms with Gasteiger partial charge in [-0.25, -0.2) is 0 Å². The molecule has 31 heavy (non-hydrogen) atoms. The molecule has 2 aromatic carbocycles. The quantitative estimate of drug-likeness (QED) is 0.503. The molecule has 0 spiro atoms. The van der Waals surface area contributed by atoms with Crippen LogP contribution in [0.4, 0.5) is 18.9 Å². The number of nitrogens with one attached hydrogen (secondary N) is 2. The van der Waals surface area contributed by atoms with Gasteiger partial charge in [0.05, 0.1) is 11.3 Å². The summed E-state index contributed by atoms with van der Waals surface area (Å²) in [6.07, 6.45) is -4.54. The smallest absolute Gasteiger partial charge is 0.395 e. The van der Waals surface area contributed by atoms with Crippen molar-refractivity contribution >= 4 is 40.6 Å². The van der Waals surface area contributed by atoms with E-state index in [1.54, 1.807) is 24.3 Å². The summed E-state index contributed by atoms with van der Waals surface area (Å²) >= 11 is 6.73. The Morgan fingerprint density at radius 2 is 1.55 bits per heavy atom. The van der Waals surface area contributed by atoms with E-state index in [1.807, 2.05) is 0 Å². The highest BCUT2D eigenvalue weighted by Crippen LogP contribution is 2.32. The first kappa shape index (κ1) is 22.6. The van der Waals surface area contributed by atoms with Crippen LogP contribution in [0.3, 0.4) is 0 Å². The molecule has 162 valence electrons. The van der Waals surface area contributed by atoms with Crippen LogP contribution < -0.4 is 16.4 Å². The maximum Gasteiger partial charge on any atom is 0.416 e. The lowest BCUT2D eigenvalue weighted by Crippen LogP contribution is -2.26. The Balaban J connectivity index is 1.66. The highest BCUT2D eigenvalue weighted by atomic mass is 35.5. The van der Waals surface area contributed by atoms with Crippen molar-refractivity contribution in [3.05, 3.63) is 80.8 Å². The van der Waals surface area contributed by atoms with Gasteiger partial charge in [-0.2, -0.15) is 17.5 Å². The van der Waals surface area contributed by atoms with Crippen LogP contribution in [-0.2, 0) is 19.3 Å². The largest absolute Gasteiger partial charge is 0.416 e. The van der Waals surface area contributed by atoms with Crippen molar-refractivity contribution in [1.82, 2.24) is 15.0 Å². The Morgan fingerprint density at radius 3 is 2.23 bits per heavy atom. The number of nitrogens with two attached hydrogens (primary N) is 1. The van der Waals surface area contributed by atoms with Gasteiger partial charge in [0.2, 0.25) is 0 Å². The summed E-state index contributed by atoms with van der Waals surface area (Å²) in [6.45, 7) is -0.231. The standard InChI is InChI=1S/C20H16ClF3N4O2S/c21-14-8-4-2-6-12(14)10-26-18(29)16-15(25)17(31-28-16)19(30)27-9-11-5-1-3-7-13(11)20(22,23)24/h1-8H,9-10,25H2,(H,26,29)(H,27,30). The molecular weight excluding hydrogens is 453 g/mol. The maximum absolute atomic E-state index is 13.1. The molecule has 0 aliphatic carbocycles. The maximum atomic E-state index is 13.1. The van der Waals surface area contributed by atoms with Crippen molar-refractivity contribution in [1.29, 1.82) is 0 Å². The minimum absolute atomic E-state index is 0.0626. The van der Waals surface area contributed by atoms with E-state index in [9.17, 15) is 22.8 Å². The predicted molar refractivity (Wildman–Crippen MR) is 112 cm³/mol. The molecule has 2 amide bonds. The van der Waals surface area contributed by atoms with Gasteiger partial charge in [0.1, 0.15) is 4.88 Å². The van der Waals surface area contributed by atoms with Crippen LogP contribution in [0.15, 0.2) is 48.5 Å². The number of carbonyl (C=O) groups excluding carboxylic acids is 2. The molecule has 0 radical (unpaired) electrons. The fourth-order valence-electron chi connectivity index (χ4n) is 2.73. The van der Waals surface area contributed by atoms with E-state index in [0.717, 1.165) is 6.07 Å². The second-order valence-electron chi connectivity index (χ2n) is 6.39. The molecule has 3 rings (SSSR count). The van der Waals surface area contributed by atoms with Crippen LogP contribution in [0.2, 0.25) is 5.02 Å². The molecule has 0 aliphatic rings. The highest BCUT2D eigenvalue weighted by Gasteiger charge is 2.33. The average molecular weight is 469 g/mol. The monoisotopic (exact) mass is 468 g/mol. The van der Waals surface area contributed by atoms with E-state index in [0.29, 0.717) is 22.1 Å². The second kappa shape index (κ2) is 9.36. The minimum atomic E-state index is -4.54. The van der Waals surface area contributed by atoms with Crippen molar-refractivity contribution in [2.75, 3.05) is 5.73 Å². The average Bonchev–Trinajstić information content (AvgIpc) is 3.12. The van der Waals surface area contributed by atoms with Gasteiger partial charge in [0.25, 0.3) is 11.8 Å². The molecule has 1 heterocycles. The molecule has 0 aliphatic heterocycles. The Bertz CT molecular complexity index is 1120. The van der Waals surface area contributed by atoms with Crippen molar-refractivity contribution < 1.29 is 22.8 Å². The topological polar surface area (TPSA) is 97.1 Å². The van der Waals surface area contributed by atoms with Gasteiger partial charge in [-0.1, -0.05) is 48.0 Å². The van der Waals surface area contributed by atoms with E-state index in [-0.39, 0.29) is 34.9 Å². The van der Waals surface area contributed by atoms with Crippen molar-refractivity contribution in [2.45, 2.75) is 19.3 Å². The molecule has 1 aromatic heterocycles. The van der Waals surface area contributed by atoms with E-state index >= 15 is 0 Å². The molecule has 11 heteroatoms. The third-order valence-corrected chi connectivity index (χ3v) is 5.54. The first-order chi connectivity index (χ1) is 14.7. The molecule has 0 saturated carbocycles. The SMILES string of the molecule is Nc1c(C(=O)NCc2ccccc2Cl)nsc1C(=O)NCc1ccccc1C(F)(F)F. The summed E-state index contributed by atoms with van der Waals surface area (Å²) in [4.78, 5) is 24.7. The summed E-state index contributed by atoms with van der Waals surface area (Å²) in [6, 6.07) is 11.9. The number of rotatable bonds is 6. The lowest BCUT2D eigenvalue weighted by molar-refractivity contribution is -0.138. The van der Waals surface area contributed by atoms with Crippen molar-refractivity contribution in [3.63, 3.8) is 0 Å². The first-order valence-corrected chi connectivity index (χ1v) is 10.0. The van der Waals surface area contributed by atoms with Crippen LogP contribution >= 0.6 is 23.1 Å². The number of nitrogen functional groups attached to an aromatic ring is 1. The lowest BCUT2D eigenvalue weighted by Gasteiger charge is -2.13. The van der Waals surface area contributed by atoms with Gasteiger partial charge in [0.15, 0.2) is 5.69 Å². The summed E-state index contributed by atoms with van der Waals surface area (Å²) in [7, 11) is 0. The van der Waals surface area contributed by atoms with Crippen LogP contribution in [0.25, 0.3) is 0 Å². The highest BCUT2D eigenvalue weighted by molar-refractivity contribution is 7.09. The van der Waals surface area contributed by atoms with Crippen LogP contribution in [0.1, 0.15) is 36.9 Å². The Labute approximate surface area is 184 Å². The predicted octanol–water partition coefficient (Wildman–Crippen LogP) is 4.26. The number of amides is 2. The van der Waals surface area contributed by atoms with E-state index in [1.165, 1.54) is 18.2 Å². The van der Waals surface area contributed by atoms with Crippen molar-refractivity contribution in [3.8, 4) is 0 Å². The number of hydrogen-bond acceptors (Lipinski definition) is 5. The van der Waals surface area contributed by atoms with Gasteiger partial charge in [-0.05, 0) is 34.8 Å². The summed E-state index contributed by atoms with van der Waals surface area (Å²) in [5, 5.41) is 5.48. The number of benzene rings is 2. The van der Waals surface area contributed by atoms with Crippen LogP contribution in [-0.4, -0.2) is 16.2 Å². The molecule has 3 aromatic rings. The Morgan fingerprint density at radius 1 is 0.968 bits per heavy atom. The summed E-state index contributed by atoms with van der Waals surface area (Å²) in [5.41, 5.74) is 5.36. The molecular formula is C20H16ClF3N4O2S. The molecule has 6 nitrogen and oxygen atoms in total. The first-order valence-electron chi connectivity index (χ1n) is 8.88. The van der Waals surface area contributed by atoms with Crippen LogP contribution in [0, 0.1) is 0 Å². The molecule has 0 saturated heterocycles. The zero-order valence-corrected chi connectivity index (χ0v) is 17.4. The van der Waals surface area contributed by atoms with E-state index in [2.05, 4.69) is 15.0 Å². The van der Waals surface area contributed by atoms with E-state index in [4.69, 9.17) is 17.3 Å². The molecule has 0 unspecified atom stereocenters. The number of nitrogens with zero attached hydrogens (tertiary/aromatic N) is 1. The van der Waals surface area contributed by atoms with Crippen LogP contribution in [0.5, 0.6) is 0 Å². The minimum Gasteiger partial charge on any atom is -0.395 e. The zero-order valence-electron chi connectivity index (χ0n) is 15.8. The lowest BCUT2D eigenvalue weighted by atomic mass is 10.1. The number of carbonyl (C=O) groups is 2. The number of alkyl halides is 3. The van der Waals surface area contributed by atoms with Gasteiger partial charge < -0.3 is 16.4 Å². The molecule has 0 fully saturated rings.